The van der Waals surface area contributed by atoms with Gasteiger partial charge in [0.05, 0.1) is 38.1 Å². The van der Waals surface area contributed by atoms with Gasteiger partial charge < -0.3 is 104 Å². The molecule has 4 saturated carbocycles. The molecule has 0 aromatic carbocycles. The first-order valence-electron chi connectivity index (χ1n) is 27.2. The lowest BCUT2D eigenvalue weighted by Crippen LogP contribution is -2.69. The maximum atomic E-state index is 12.7. The minimum atomic E-state index is -2.15. The van der Waals surface area contributed by atoms with Gasteiger partial charge in [0.15, 0.2) is 31.3 Å². The highest BCUT2D eigenvalue weighted by Gasteiger charge is 2.70. The van der Waals surface area contributed by atoms with Crippen molar-refractivity contribution < 1.29 is 109 Å². The quantitative estimate of drug-likeness (QED) is 0.0887. The van der Waals surface area contributed by atoms with Gasteiger partial charge in [-0.2, -0.15) is 0 Å². The Kier molecular flexibility index (Phi) is 16.1. The second-order valence-corrected chi connectivity index (χ2v) is 26.0. The molecule has 0 amide bonds. The van der Waals surface area contributed by atoms with Crippen LogP contribution in [-0.4, -0.2) is 221 Å². The average Bonchev–Trinajstić information content (AvgIpc) is 3.37. The number of hydrogen-bond acceptors (Lipinski definition) is 21. The van der Waals surface area contributed by atoms with E-state index < -0.39 is 154 Å². The molecule has 9 rings (SSSR count). The van der Waals surface area contributed by atoms with Crippen LogP contribution in [0.1, 0.15) is 113 Å². The van der Waals surface area contributed by atoms with Crippen molar-refractivity contribution >= 4 is 5.97 Å². The maximum Gasteiger partial charge on any atom is 0.335 e. The fraction of sp³-hybridized carbons (Fsp3) is 0.943. The van der Waals surface area contributed by atoms with E-state index in [1.54, 1.807) is 0 Å². The van der Waals surface area contributed by atoms with E-state index in [0.29, 0.717) is 12.8 Å². The highest BCUT2D eigenvalue weighted by atomic mass is 16.8. The Hall–Kier alpha value is -1.59. The second kappa shape index (κ2) is 20.7. The molecule has 0 aromatic rings. The fourth-order valence-corrected chi connectivity index (χ4v) is 16.3. The van der Waals surface area contributed by atoms with Crippen LogP contribution in [-0.2, 0) is 42.7 Å². The van der Waals surface area contributed by atoms with Crippen LogP contribution in [0.2, 0.25) is 0 Å². The molecule has 75 heavy (non-hydrogen) atoms. The summed E-state index contributed by atoms with van der Waals surface area (Å²) in [5, 5.41) is 143. The normalized spacial score (nSPS) is 55.9. The minimum absolute atomic E-state index is 0.00990. The van der Waals surface area contributed by atoms with Gasteiger partial charge in [0.25, 0.3) is 0 Å². The zero-order valence-electron chi connectivity index (χ0n) is 44.4. The summed E-state index contributed by atoms with van der Waals surface area (Å²) in [6, 6.07) is 0. The van der Waals surface area contributed by atoms with E-state index in [1.165, 1.54) is 12.5 Å². The smallest absolute Gasteiger partial charge is 0.335 e. The molecule has 22 nitrogen and oxygen atoms in total. The topological polar surface area (TPSA) is 354 Å². The molecule has 0 radical (unpaired) electrons. The molecule has 4 heterocycles. The third-order valence-electron chi connectivity index (χ3n) is 21.2. The predicted molar refractivity (Wildman–Crippen MR) is 257 cm³/mol. The number of fused-ring (bicyclic) bond motifs is 7. The summed E-state index contributed by atoms with van der Waals surface area (Å²) in [6.07, 6.45) is -26.4. The molecule has 5 aliphatic carbocycles. The van der Waals surface area contributed by atoms with Crippen molar-refractivity contribution in [3.05, 3.63) is 11.6 Å². The van der Waals surface area contributed by atoms with Crippen molar-refractivity contribution in [2.24, 2.45) is 50.2 Å². The highest BCUT2D eigenvalue weighted by Crippen LogP contribution is 2.76. The Morgan fingerprint density at radius 3 is 1.95 bits per heavy atom. The summed E-state index contributed by atoms with van der Waals surface area (Å²) in [4.78, 5) is 12.7. The third kappa shape index (κ3) is 9.40. The van der Waals surface area contributed by atoms with E-state index in [1.807, 2.05) is 6.92 Å². The number of carboxylic acids is 1. The van der Waals surface area contributed by atoms with Gasteiger partial charge in [-0.05, 0) is 104 Å². The molecule has 0 spiro atoms. The number of aliphatic carboxylic acids is 1. The van der Waals surface area contributed by atoms with Crippen LogP contribution in [0.5, 0.6) is 0 Å². The van der Waals surface area contributed by atoms with Crippen molar-refractivity contribution in [1.82, 2.24) is 0 Å². The number of carboxylic acid groups (broad SMARTS) is 1. The number of aliphatic hydroxyl groups is 12. The van der Waals surface area contributed by atoms with Crippen LogP contribution in [0, 0.1) is 50.2 Å². The van der Waals surface area contributed by atoms with E-state index in [-0.39, 0.29) is 51.4 Å². The Labute approximate surface area is 437 Å². The largest absolute Gasteiger partial charge is 0.479 e. The van der Waals surface area contributed by atoms with Gasteiger partial charge in [-0.15, -0.1) is 0 Å². The molecule has 0 aromatic heterocycles. The molecular weight excluding hydrogens is 989 g/mol. The molecule has 13 N–H and O–H groups in total. The summed E-state index contributed by atoms with van der Waals surface area (Å²) < 4.78 is 48.7. The molecule has 430 valence electrons. The molecule has 29 atom stereocenters. The maximum absolute atomic E-state index is 12.7. The van der Waals surface area contributed by atoms with Gasteiger partial charge >= 0.3 is 5.97 Å². The van der Waals surface area contributed by atoms with Crippen LogP contribution in [0.3, 0.4) is 0 Å². The Morgan fingerprint density at radius 2 is 1.28 bits per heavy atom. The first-order chi connectivity index (χ1) is 35.0. The molecule has 4 saturated heterocycles. The highest BCUT2D eigenvalue weighted by molar-refractivity contribution is 5.73. The molecule has 1 unspecified atom stereocenters. The van der Waals surface area contributed by atoms with E-state index in [2.05, 4.69) is 47.6 Å². The van der Waals surface area contributed by atoms with Crippen molar-refractivity contribution in [2.45, 2.75) is 242 Å². The predicted octanol–water partition coefficient (Wildman–Crippen LogP) is -0.832. The van der Waals surface area contributed by atoms with Crippen LogP contribution >= 0.6 is 0 Å². The molecule has 0 bridgehead atoms. The van der Waals surface area contributed by atoms with E-state index in [9.17, 15) is 71.2 Å². The van der Waals surface area contributed by atoms with Gasteiger partial charge in [-0.3, -0.25) is 0 Å². The zero-order chi connectivity index (χ0) is 54.9. The number of allylic oxidation sites excluding steroid dienone is 2. The number of hydrogen-bond donors (Lipinski definition) is 13. The zero-order valence-corrected chi connectivity index (χ0v) is 44.4. The lowest BCUT2D eigenvalue weighted by atomic mass is 9.33. The summed E-state index contributed by atoms with van der Waals surface area (Å²) in [5.74, 6) is -1.33. The van der Waals surface area contributed by atoms with E-state index in [0.717, 1.165) is 44.9 Å². The lowest BCUT2D eigenvalue weighted by molar-refractivity contribution is -0.408. The number of rotatable bonds is 11. The van der Waals surface area contributed by atoms with Gasteiger partial charge in [0.2, 0.25) is 0 Å². The molecule has 22 heteroatoms. The molecule has 4 aliphatic heterocycles. The van der Waals surface area contributed by atoms with Crippen LogP contribution in [0.25, 0.3) is 0 Å². The standard InChI is InChI=1S/C53H86O22/c1-22-31(58)34(61)38(65)45(69-22)75-42-39(72-44-37(64)32(59)25(56)20-68-44)33(60)26(19-54)70-47(42)74-41-36(63)35(62)40(43(66)67)73-46(41)71-30-12-13-50(5)27(51(30,6)21-55)11-14-53(8)28(50)10-9-23-24-17-48(2,3)18-29(57)49(24,4)15-16-52(23,53)7/h9,22,24-42,44-47,54-65H,10-21H2,1-8H3,(H,66,67)/t22-,24-,25-,26+,27?,28+,29+,30-,31-,32-,33-,34+,35-,36-,37+,38+,39-,40-,41+,42+,44-,45-,46+,47-,49+,50-,51+,52+,53+/m0/s1. The van der Waals surface area contributed by atoms with Gasteiger partial charge in [-0.1, -0.05) is 60.1 Å². The fourth-order valence-electron chi connectivity index (χ4n) is 16.3. The summed E-state index contributed by atoms with van der Waals surface area (Å²) in [6.45, 7) is 15.5. The van der Waals surface area contributed by atoms with Gasteiger partial charge in [0, 0.05) is 10.8 Å². The Balaban J connectivity index is 1.02. The SMILES string of the molecule is C[C@@H]1O[C@@H](O[C@H]2[C@H](O[C@H]3[C@H](O[C@H]4CC[C@@]5(C)C(CC[C@]6(C)[C@@H]5CC=C5[C@@H]7CC(C)(C)C[C@@H](O)[C@]7(C)CC[C@]56C)[C@@]4(C)CO)O[C@H](C(=O)O)[C@@H](O)[C@@H]3O)O[C@H](CO)[C@H](O)[C@@H]2O[C@@H]2OC[C@H](O)[C@H](O)[C@H]2O)[C@H](O)[C@H](O)[C@H]1O. The van der Waals surface area contributed by atoms with Crippen LogP contribution in [0.4, 0.5) is 0 Å². The summed E-state index contributed by atoms with van der Waals surface area (Å²) in [5.41, 5.74) is -0.335. The third-order valence-corrected chi connectivity index (χ3v) is 21.2. The monoisotopic (exact) mass is 1070 g/mol. The van der Waals surface area contributed by atoms with Crippen molar-refractivity contribution in [2.75, 3.05) is 19.8 Å². The number of ether oxygens (including phenoxy) is 8. The number of aliphatic hydroxyl groups excluding tert-OH is 12. The Bertz CT molecular complexity index is 2080. The van der Waals surface area contributed by atoms with Gasteiger partial charge in [-0.25, -0.2) is 4.79 Å². The van der Waals surface area contributed by atoms with Crippen molar-refractivity contribution in [3.8, 4) is 0 Å². The molecular formula is C53H86O22. The number of carbonyl (C=O) groups is 1. The molecule has 9 aliphatic rings. The summed E-state index contributed by atoms with van der Waals surface area (Å²) in [7, 11) is 0. The minimum Gasteiger partial charge on any atom is -0.479 e. The first kappa shape index (κ1) is 58.1. The lowest BCUT2D eigenvalue weighted by Gasteiger charge is -2.72. The molecule has 8 fully saturated rings. The van der Waals surface area contributed by atoms with Crippen molar-refractivity contribution in [1.29, 1.82) is 0 Å². The van der Waals surface area contributed by atoms with E-state index >= 15 is 0 Å². The van der Waals surface area contributed by atoms with Gasteiger partial charge in [0.1, 0.15) is 79.4 Å². The van der Waals surface area contributed by atoms with E-state index in [4.69, 9.17) is 37.9 Å². The Morgan fingerprint density at radius 1 is 0.627 bits per heavy atom. The van der Waals surface area contributed by atoms with Crippen LogP contribution in [0.15, 0.2) is 11.6 Å². The van der Waals surface area contributed by atoms with Crippen LogP contribution < -0.4 is 0 Å². The summed E-state index contributed by atoms with van der Waals surface area (Å²) >= 11 is 0. The first-order valence-corrected chi connectivity index (χ1v) is 27.2. The van der Waals surface area contributed by atoms with Crippen molar-refractivity contribution in [3.63, 3.8) is 0 Å². The average molecular weight is 1080 g/mol. The second-order valence-electron chi connectivity index (χ2n) is 26.0.